The molecule has 2 rings (SSSR count). The SMILES string of the molecule is CCc1cnc(CCNC(=NC)NCc2ccc(NC(=O)NC(C)C)cc2)s1.I. The molecule has 160 valence electrons. The van der Waals surface area contributed by atoms with Crippen LogP contribution >= 0.6 is 35.3 Å². The number of hydrogen-bond donors (Lipinski definition) is 4. The summed E-state index contributed by atoms with van der Waals surface area (Å²) in [6.07, 6.45) is 3.87. The van der Waals surface area contributed by atoms with Crippen LogP contribution in [0.2, 0.25) is 0 Å². The first-order valence-electron chi connectivity index (χ1n) is 9.54. The van der Waals surface area contributed by atoms with E-state index in [1.54, 1.807) is 18.4 Å². The van der Waals surface area contributed by atoms with Gasteiger partial charge < -0.3 is 21.3 Å². The van der Waals surface area contributed by atoms with Crippen molar-refractivity contribution in [2.24, 2.45) is 4.99 Å². The van der Waals surface area contributed by atoms with Gasteiger partial charge in [-0.25, -0.2) is 9.78 Å². The van der Waals surface area contributed by atoms with Crippen LogP contribution in [0.1, 0.15) is 36.2 Å². The zero-order chi connectivity index (χ0) is 20.4. The third kappa shape index (κ3) is 9.44. The highest BCUT2D eigenvalue weighted by molar-refractivity contribution is 14.0. The molecule has 2 aromatic rings. The maximum absolute atomic E-state index is 11.7. The van der Waals surface area contributed by atoms with Gasteiger partial charge in [-0.2, -0.15) is 0 Å². The van der Waals surface area contributed by atoms with Gasteiger partial charge in [0, 0.05) is 49.4 Å². The third-order valence-electron chi connectivity index (χ3n) is 3.90. The molecule has 9 heteroatoms. The van der Waals surface area contributed by atoms with Crippen molar-refractivity contribution < 1.29 is 4.79 Å². The number of aliphatic imine (C=N–C) groups is 1. The van der Waals surface area contributed by atoms with E-state index in [9.17, 15) is 4.79 Å². The summed E-state index contributed by atoms with van der Waals surface area (Å²) in [4.78, 5) is 21.7. The molecule has 7 nitrogen and oxygen atoms in total. The van der Waals surface area contributed by atoms with Crippen LogP contribution in [0, 0.1) is 0 Å². The Kier molecular flexibility index (Phi) is 11.6. The minimum absolute atomic E-state index is 0. The van der Waals surface area contributed by atoms with Gasteiger partial charge in [-0.3, -0.25) is 4.99 Å². The molecule has 0 saturated heterocycles. The van der Waals surface area contributed by atoms with Crippen molar-refractivity contribution in [1.29, 1.82) is 0 Å². The Morgan fingerprint density at radius 1 is 1.21 bits per heavy atom. The van der Waals surface area contributed by atoms with Gasteiger partial charge in [0.2, 0.25) is 0 Å². The van der Waals surface area contributed by atoms with E-state index >= 15 is 0 Å². The lowest BCUT2D eigenvalue weighted by atomic mass is 10.2. The number of hydrogen-bond acceptors (Lipinski definition) is 4. The first-order chi connectivity index (χ1) is 13.5. The number of nitrogens with one attached hydrogen (secondary N) is 4. The van der Waals surface area contributed by atoms with Gasteiger partial charge in [0.1, 0.15) is 0 Å². The van der Waals surface area contributed by atoms with Crippen molar-refractivity contribution >= 4 is 53.0 Å². The molecule has 0 aliphatic carbocycles. The molecule has 0 aliphatic heterocycles. The summed E-state index contributed by atoms with van der Waals surface area (Å²) in [6, 6.07) is 7.64. The highest BCUT2D eigenvalue weighted by Crippen LogP contribution is 2.13. The smallest absolute Gasteiger partial charge is 0.319 e. The average molecular weight is 530 g/mol. The summed E-state index contributed by atoms with van der Waals surface area (Å²) in [5.74, 6) is 0.755. The largest absolute Gasteiger partial charge is 0.356 e. The number of carbonyl (C=O) groups is 1. The highest BCUT2D eigenvalue weighted by Gasteiger charge is 2.04. The highest BCUT2D eigenvalue weighted by atomic mass is 127. The predicted octanol–water partition coefficient (Wildman–Crippen LogP) is 3.76. The number of amides is 2. The molecular formula is C20H31IN6OS. The maximum Gasteiger partial charge on any atom is 0.319 e. The molecule has 1 aromatic carbocycles. The molecule has 0 radical (unpaired) electrons. The lowest BCUT2D eigenvalue weighted by Gasteiger charge is -2.12. The number of guanidine groups is 1. The number of aromatic nitrogens is 1. The molecule has 29 heavy (non-hydrogen) atoms. The molecule has 1 aromatic heterocycles. The first kappa shape index (κ1) is 25.2. The van der Waals surface area contributed by atoms with E-state index in [2.05, 4.69) is 38.2 Å². The minimum Gasteiger partial charge on any atom is -0.356 e. The van der Waals surface area contributed by atoms with Crippen molar-refractivity contribution in [2.45, 2.75) is 46.2 Å². The molecule has 2 amide bonds. The summed E-state index contributed by atoms with van der Waals surface area (Å²) in [5, 5.41) is 13.4. The van der Waals surface area contributed by atoms with Crippen LogP contribution in [0.4, 0.5) is 10.5 Å². The van der Waals surface area contributed by atoms with Crippen LogP contribution < -0.4 is 21.3 Å². The Morgan fingerprint density at radius 3 is 2.52 bits per heavy atom. The molecule has 0 unspecified atom stereocenters. The second kappa shape index (κ2) is 13.4. The molecule has 0 aliphatic rings. The number of nitrogens with zero attached hydrogens (tertiary/aromatic N) is 2. The van der Waals surface area contributed by atoms with Crippen LogP contribution in [-0.4, -0.2) is 36.6 Å². The van der Waals surface area contributed by atoms with E-state index in [0.717, 1.165) is 41.6 Å². The van der Waals surface area contributed by atoms with Crippen LogP contribution in [-0.2, 0) is 19.4 Å². The molecular weight excluding hydrogens is 499 g/mol. The number of halogens is 1. The Labute approximate surface area is 194 Å². The Morgan fingerprint density at radius 2 is 1.93 bits per heavy atom. The van der Waals surface area contributed by atoms with Gasteiger partial charge in [0.05, 0.1) is 5.01 Å². The number of urea groups is 1. The topological polar surface area (TPSA) is 90.4 Å². The standard InChI is InChI=1S/C20H30N6OS.HI/c1-5-17-13-23-18(28-17)10-11-22-19(21-4)24-12-15-6-8-16(9-7-15)26-20(27)25-14(2)3;/h6-9,13-14H,5,10-12H2,1-4H3,(H2,21,22,24)(H2,25,26,27);1H. The van der Waals surface area contributed by atoms with Crippen molar-refractivity contribution in [1.82, 2.24) is 20.9 Å². The summed E-state index contributed by atoms with van der Waals surface area (Å²) < 4.78 is 0. The number of thiazole rings is 1. The fraction of sp³-hybridized carbons (Fsp3) is 0.450. The van der Waals surface area contributed by atoms with Gasteiger partial charge in [0.25, 0.3) is 0 Å². The van der Waals surface area contributed by atoms with Gasteiger partial charge in [-0.1, -0.05) is 19.1 Å². The number of benzene rings is 1. The minimum atomic E-state index is -0.197. The number of anilines is 1. The molecule has 1 heterocycles. The van der Waals surface area contributed by atoms with Gasteiger partial charge in [-0.05, 0) is 38.0 Å². The van der Waals surface area contributed by atoms with E-state index < -0.39 is 0 Å². The number of carbonyl (C=O) groups excluding carboxylic acids is 1. The fourth-order valence-electron chi connectivity index (χ4n) is 2.46. The zero-order valence-corrected chi connectivity index (χ0v) is 20.6. The second-order valence-electron chi connectivity index (χ2n) is 6.63. The lowest BCUT2D eigenvalue weighted by molar-refractivity contribution is 0.250. The van der Waals surface area contributed by atoms with Crippen molar-refractivity contribution in [2.75, 3.05) is 18.9 Å². The van der Waals surface area contributed by atoms with E-state index in [4.69, 9.17) is 0 Å². The third-order valence-corrected chi connectivity index (χ3v) is 5.10. The second-order valence-corrected chi connectivity index (χ2v) is 7.83. The summed E-state index contributed by atoms with van der Waals surface area (Å²) >= 11 is 1.77. The number of aryl methyl sites for hydroxylation is 1. The lowest BCUT2D eigenvalue weighted by Crippen LogP contribution is -2.37. The van der Waals surface area contributed by atoms with Crippen molar-refractivity contribution in [3.05, 3.63) is 45.9 Å². The van der Waals surface area contributed by atoms with Crippen molar-refractivity contribution in [3.8, 4) is 0 Å². The Hall–Kier alpha value is -1.88. The molecule has 0 bridgehead atoms. The van der Waals surface area contributed by atoms with E-state index in [1.807, 2.05) is 44.3 Å². The average Bonchev–Trinajstić information content (AvgIpc) is 3.13. The Bertz CT molecular complexity index is 776. The van der Waals surface area contributed by atoms with Gasteiger partial charge in [-0.15, -0.1) is 35.3 Å². The summed E-state index contributed by atoms with van der Waals surface area (Å²) in [7, 11) is 1.76. The quantitative estimate of drug-likeness (QED) is 0.238. The van der Waals surface area contributed by atoms with Crippen molar-refractivity contribution in [3.63, 3.8) is 0 Å². The van der Waals surface area contributed by atoms with Gasteiger partial charge in [0.15, 0.2) is 5.96 Å². The zero-order valence-electron chi connectivity index (χ0n) is 17.4. The van der Waals surface area contributed by atoms with E-state index in [1.165, 1.54) is 4.88 Å². The fourth-order valence-corrected chi connectivity index (χ4v) is 3.32. The molecule has 0 saturated carbocycles. The maximum atomic E-state index is 11.7. The van der Waals surface area contributed by atoms with Crippen LogP contribution in [0.5, 0.6) is 0 Å². The van der Waals surface area contributed by atoms with Gasteiger partial charge >= 0.3 is 6.03 Å². The molecule has 0 spiro atoms. The first-order valence-corrected chi connectivity index (χ1v) is 10.4. The molecule has 0 atom stereocenters. The van der Waals surface area contributed by atoms with E-state index in [0.29, 0.717) is 6.54 Å². The summed E-state index contributed by atoms with van der Waals surface area (Å²) in [6.45, 7) is 7.42. The predicted molar refractivity (Wildman–Crippen MR) is 133 cm³/mol. The van der Waals surface area contributed by atoms with E-state index in [-0.39, 0.29) is 36.0 Å². The van der Waals surface area contributed by atoms with Crippen LogP contribution in [0.3, 0.4) is 0 Å². The van der Waals surface area contributed by atoms with Crippen LogP contribution in [0.25, 0.3) is 0 Å². The number of rotatable bonds is 8. The van der Waals surface area contributed by atoms with Crippen LogP contribution in [0.15, 0.2) is 35.5 Å². The molecule has 0 fully saturated rings. The summed E-state index contributed by atoms with van der Waals surface area (Å²) in [5.41, 5.74) is 1.87. The Balaban J connectivity index is 0.00000420. The monoisotopic (exact) mass is 530 g/mol. The normalized spacial score (nSPS) is 11.0. The molecule has 4 N–H and O–H groups in total.